The van der Waals surface area contributed by atoms with E-state index in [2.05, 4.69) is 462 Å². The van der Waals surface area contributed by atoms with E-state index < -0.39 is 0 Å². The summed E-state index contributed by atoms with van der Waals surface area (Å²) < 4.78 is 27.7. The van der Waals surface area contributed by atoms with Gasteiger partial charge in [-0.05, 0) is 157 Å². The molecular weight excluding hydrogens is 1570 g/mol. The van der Waals surface area contributed by atoms with Gasteiger partial charge in [0.1, 0.15) is 33.5 Å². The highest BCUT2D eigenvalue weighted by atomic mass is 16.3. The van der Waals surface area contributed by atoms with Crippen molar-refractivity contribution in [1.29, 1.82) is 0 Å². The molecule has 28 rings (SSSR count). The normalized spacial score (nSPS) is 13.7. The molecule has 6 nitrogen and oxygen atoms in total. The van der Waals surface area contributed by atoms with E-state index in [-0.39, 0.29) is 16.2 Å². The van der Waals surface area contributed by atoms with Crippen LogP contribution in [-0.2, 0) is 16.2 Å². The van der Waals surface area contributed by atoms with Crippen molar-refractivity contribution in [3.63, 3.8) is 0 Å². The van der Waals surface area contributed by atoms with Crippen molar-refractivity contribution in [3.05, 3.63) is 440 Å². The maximum atomic E-state index is 6.90. The SMILES string of the molecule is CC1(C)c2ccccc2-c2c1ccc1c2oc2c(-c3ccc(-c4ccc5c(c4)c4ccccc4n5-c4ccccc4)cc3)cccc21.CC1(C)c2ccccc2-c2c1ccc1c2oc2c(-c3ccc(-n4c5ccccc5c5ccccc54)cc3)cccc21.CC1(C)c2ccccc2-c2c1ccc1c2oc2c(-c3cccc(-n4c5ccccc5c5ccccc54)c3)cccc21. The van der Waals surface area contributed by atoms with E-state index in [0.717, 1.165) is 94.4 Å². The second-order valence-corrected chi connectivity index (χ2v) is 36.8. The van der Waals surface area contributed by atoms with Crippen LogP contribution in [-0.4, -0.2) is 13.7 Å². The number of aromatic nitrogens is 3. The average Bonchev–Trinajstić information content (AvgIpc) is 1.62. The summed E-state index contributed by atoms with van der Waals surface area (Å²) in [7, 11) is 0. The van der Waals surface area contributed by atoms with Gasteiger partial charge in [-0.25, -0.2) is 0 Å². The lowest BCUT2D eigenvalue weighted by atomic mass is 9.82. The van der Waals surface area contributed by atoms with Crippen molar-refractivity contribution in [2.75, 3.05) is 0 Å². The van der Waals surface area contributed by atoms with Crippen LogP contribution in [0, 0.1) is 0 Å². The lowest BCUT2D eigenvalue weighted by Gasteiger charge is -2.21. The minimum Gasteiger partial charge on any atom is -0.455 e. The van der Waals surface area contributed by atoms with Gasteiger partial charge in [0.15, 0.2) is 0 Å². The number of hydrogen-bond donors (Lipinski definition) is 0. The highest BCUT2D eigenvalue weighted by Gasteiger charge is 2.41. The van der Waals surface area contributed by atoms with Crippen LogP contribution in [0.2, 0.25) is 0 Å². The van der Waals surface area contributed by atoms with Gasteiger partial charge < -0.3 is 27.0 Å². The molecule has 0 atom stereocenters. The van der Waals surface area contributed by atoms with E-state index in [0.29, 0.717) is 0 Å². The molecule has 3 aliphatic rings. The Morgan fingerprint density at radius 1 is 0.163 bits per heavy atom. The molecule has 25 aromatic rings. The standard InChI is InChI=1S/C45H31NO.2C39H27NO/c1-45(2)38-17-8-6-14-36(38)42-39(45)25-24-35-34-16-10-15-32(43(34)47-44(35)42)29-21-19-28(20-22-29)30-23-26-41-37(27-30)33-13-7-9-18-40(33)46(41)31-11-4-3-5-12-31;1-39(2)32-18-6-3-15-31(32)36-33(39)22-21-30-29-17-10-16-26(37(29)41-38(30)36)24-11-9-12-25(23-24)40-34-19-7-4-13-27(34)28-14-5-8-20-35(28)40;1-39(2)32-15-6-3-12-31(32)36-33(39)23-22-30-29-14-9-13-26(37(29)41-38(30)36)24-18-20-25(21-19-24)40-34-16-7-4-10-27(34)28-11-5-8-17-35(28)40/h3-27H,1-2H3;2*3-23H,1-2H3. The Morgan fingerprint density at radius 2 is 0.442 bits per heavy atom. The number of furan rings is 3. The first-order valence-electron chi connectivity index (χ1n) is 44.9. The zero-order valence-electron chi connectivity index (χ0n) is 72.2. The number of para-hydroxylation sites is 9. The molecule has 0 unspecified atom stereocenters. The summed E-state index contributed by atoms with van der Waals surface area (Å²) in [5.74, 6) is 0. The smallest absolute Gasteiger partial charge is 0.143 e. The number of rotatable bonds is 7. The summed E-state index contributed by atoms with van der Waals surface area (Å²) in [4.78, 5) is 0. The molecule has 0 saturated heterocycles. The molecule has 6 heteroatoms. The van der Waals surface area contributed by atoms with Gasteiger partial charge in [-0.2, -0.15) is 0 Å². The molecule has 610 valence electrons. The lowest BCUT2D eigenvalue weighted by molar-refractivity contribution is 0.653. The quantitative estimate of drug-likeness (QED) is 0.160. The monoisotopic (exact) mass is 1650 g/mol. The highest BCUT2D eigenvalue weighted by molar-refractivity contribution is 6.19. The van der Waals surface area contributed by atoms with Crippen LogP contribution >= 0.6 is 0 Å². The van der Waals surface area contributed by atoms with Gasteiger partial charge in [-0.1, -0.05) is 369 Å². The van der Waals surface area contributed by atoms with Crippen molar-refractivity contribution in [2.24, 2.45) is 0 Å². The summed E-state index contributed by atoms with van der Waals surface area (Å²) >= 11 is 0. The summed E-state index contributed by atoms with van der Waals surface area (Å²) in [5, 5.41) is 14.6. The summed E-state index contributed by atoms with van der Waals surface area (Å²) in [6.45, 7) is 13.9. The number of fused-ring (bicyclic) bond motifs is 30. The zero-order chi connectivity index (χ0) is 85.9. The molecule has 0 fully saturated rings. The summed E-state index contributed by atoms with van der Waals surface area (Å²) in [6, 6.07) is 147. The van der Waals surface area contributed by atoms with E-state index in [1.165, 1.54) is 165 Å². The number of hydrogen-bond acceptors (Lipinski definition) is 3. The number of benzene rings is 19. The fourth-order valence-corrected chi connectivity index (χ4v) is 22.7. The first kappa shape index (κ1) is 74.4. The van der Waals surface area contributed by atoms with Crippen LogP contribution in [0.1, 0.15) is 74.9 Å². The molecule has 0 bridgehead atoms. The Hall–Kier alpha value is -16.0. The fourth-order valence-electron chi connectivity index (χ4n) is 22.7. The van der Waals surface area contributed by atoms with Gasteiger partial charge in [0.2, 0.25) is 0 Å². The Labute approximate surface area is 745 Å². The third-order valence-electron chi connectivity index (χ3n) is 28.9. The second kappa shape index (κ2) is 28.0. The Balaban J connectivity index is 0.000000102. The van der Waals surface area contributed by atoms with Crippen molar-refractivity contribution < 1.29 is 13.3 Å². The maximum Gasteiger partial charge on any atom is 0.143 e. The van der Waals surface area contributed by atoms with Crippen molar-refractivity contribution >= 4 is 131 Å². The maximum absolute atomic E-state index is 6.90. The largest absolute Gasteiger partial charge is 0.455 e. The van der Waals surface area contributed by atoms with Crippen LogP contribution in [0.3, 0.4) is 0 Å². The molecule has 0 spiro atoms. The lowest BCUT2D eigenvalue weighted by Crippen LogP contribution is -2.14. The molecule has 0 amide bonds. The van der Waals surface area contributed by atoms with E-state index in [1.807, 2.05) is 0 Å². The molecule has 3 aliphatic carbocycles. The van der Waals surface area contributed by atoms with Crippen LogP contribution in [0.15, 0.2) is 420 Å². The molecule has 19 aromatic carbocycles. The van der Waals surface area contributed by atoms with Crippen molar-refractivity contribution in [1.82, 2.24) is 13.7 Å². The Bertz CT molecular complexity index is 8910. The van der Waals surface area contributed by atoms with Crippen LogP contribution in [0.5, 0.6) is 0 Å². The van der Waals surface area contributed by atoms with Crippen molar-refractivity contribution in [2.45, 2.75) is 57.8 Å². The highest BCUT2D eigenvalue weighted by Crippen LogP contribution is 2.57. The van der Waals surface area contributed by atoms with E-state index in [9.17, 15) is 0 Å². The van der Waals surface area contributed by atoms with Crippen molar-refractivity contribution in [3.8, 4) is 95.0 Å². The van der Waals surface area contributed by atoms with Crippen LogP contribution in [0.4, 0.5) is 0 Å². The first-order chi connectivity index (χ1) is 63.3. The molecule has 0 aliphatic heterocycles. The van der Waals surface area contributed by atoms with Crippen LogP contribution < -0.4 is 0 Å². The third-order valence-corrected chi connectivity index (χ3v) is 28.9. The molecule has 0 radical (unpaired) electrons. The summed E-state index contributed by atoms with van der Waals surface area (Å²) in [6.07, 6.45) is 0. The predicted molar refractivity (Wildman–Crippen MR) is 539 cm³/mol. The van der Waals surface area contributed by atoms with E-state index >= 15 is 0 Å². The van der Waals surface area contributed by atoms with Gasteiger partial charge in [0, 0.05) is 131 Å². The predicted octanol–water partition coefficient (Wildman–Crippen LogP) is 33.6. The molecular formula is C123H85N3O3. The second-order valence-electron chi connectivity index (χ2n) is 36.8. The molecule has 129 heavy (non-hydrogen) atoms. The van der Waals surface area contributed by atoms with Gasteiger partial charge in [-0.15, -0.1) is 0 Å². The Morgan fingerprint density at radius 3 is 0.853 bits per heavy atom. The van der Waals surface area contributed by atoms with Crippen LogP contribution in [0.25, 0.3) is 226 Å². The van der Waals surface area contributed by atoms with Gasteiger partial charge in [0.05, 0.1) is 33.1 Å². The molecule has 6 heterocycles. The van der Waals surface area contributed by atoms with E-state index in [1.54, 1.807) is 0 Å². The minimum atomic E-state index is -0.0583. The molecule has 0 saturated carbocycles. The Kier molecular flexibility index (Phi) is 16.1. The minimum absolute atomic E-state index is 0.0510. The number of nitrogens with zero attached hydrogens (tertiary/aromatic N) is 3. The third kappa shape index (κ3) is 10.9. The van der Waals surface area contributed by atoms with Gasteiger partial charge in [-0.3, -0.25) is 0 Å². The topological polar surface area (TPSA) is 54.2 Å². The molecule has 0 N–H and O–H groups in total. The van der Waals surface area contributed by atoms with Gasteiger partial charge >= 0.3 is 0 Å². The first-order valence-corrected chi connectivity index (χ1v) is 44.9. The van der Waals surface area contributed by atoms with E-state index in [4.69, 9.17) is 13.3 Å². The fraction of sp³-hybridized carbons (Fsp3) is 0.0732. The zero-order valence-corrected chi connectivity index (χ0v) is 72.2. The summed E-state index contributed by atoms with van der Waals surface area (Å²) in [5.41, 5.74) is 41.3. The molecule has 6 aromatic heterocycles. The average molecular weight is 1650 g/mol. The van der Waals surface area contributed by atoms with Gasteiger partial charge in [0.25, 0.3) is 0 Å².